The molecule has 0 aromatic heterocycles. The van der Waals surface area contributed by atoms with E-state index in [2.05, 4.69) is 0 Å². The molecule has 0 spiro atoms. The van der Waals surface area contributed by atoms with Gasteiger partial charge in [0.05, 0.1) is 5.54 Å². The summed E-state index contributed by atoms with van der Waals surface area (Å²) in [5.74, 6) is -1.36. The third-order valence-electron chi connectivity index (χ3n) is 2.57. The van der Waals surface area contributed by atoms with Gasteiger partial charge in [-0.3, -0.25) is 9.59 Å². The Morgan fingerprint density at radius 1 is 1.25 bits per heavy atom. The van der Waals surface area contributed by atoms with E-state index in [9.17, 15) is 9.59 Å². The number of rotatable bonds is 4. The molecule has 5 heteroatoms. The van der Waals surface area contributed by atoms with E-state index in [0.29, 0.717) is 6.42 Å². The summed E-state index contributed by atoms with van der Waals surface area (Å²) in [6.45, 7) is 8.48. The molecular formula is C11H22N2O3. The number of aliphatic carboxylic acids is 1. The molecule has 1 unspecified atom stereocenters. The molecular weight excluding hydrogens is 208 g/mol. The van der Waals surface area contributed by atoms with Gasteiger partial charge in [-0.25, -0.2) is 0 Å². The maximum absolute atomic E-state index is 12.1. The molecule has 0 saturated carbocycles. The minimum atomic E-state index is -1.03. The van der Waals surface area contributed by atoms with E-state index in [1.165, 1.54) is 4.90 Å². The molecule has 0 aromatic carbocycles. The van der Waals surface area contributed by atoms with E-state index in [-0.39, 0.29) is 12.5 Å². The SMILES string of the molecule is CCC(C)(N)C(=O)N(CC(=O)O)C(C)(C)C. The molecule has 0 fully saturated rings. The van der Waals surface area contributed by atoms with E-state index in [1.54, 1.807) is 34.6 Å². The van der Waals surface area contributed by atoms with Crippen LogP contribution in [-0.4, -0.2) is 39.5 Å². The summed E-state index contributed by atoms with van der Waals surface area (Å²) < 4.78 is 0. The fourth-order valence-corrected chi connectivity index (χ4v) is 1.21. The van der Waals surface area contributed by atoms with Crippen molar-refractivity contribution >= 4 is 11.9 Å². The topological polar surface area (TPSA) is 83.6 Å². The summed E-state index contributed by atoms with van der Waals surface area (Å²) >= 11 is 0. The molecule has 0 radical (unpaired) electrons. The first-order chi connectivity index (χ1) is 7.02. The molecule has 1 amide bonds. The van der Waals surface area contributed by atoms with Crippen molar-refractivity contribution in [3.05, 3.63) is 0 Å². The van der Waals surface area contributed by atoms with Gasteiger partial charge in [-0.15, -0.1) is 0 Å². The van der Waals surface area contributed by atoms with Crippen molar-refractivity contribution in [2.24, 2.45) is 5.73 Å². The number of carbonyl (C=O) groups is 2. The molecule has 0 aliphatic heterocycles. The number of nitrogens with two attached hydrogens (primary N) is 1. The van der Waals surface area contributed by atoms with Crippen LogP contribution in [0.25, 0.3) is 0 Å². The van der Waals surface area contributed by atoms with Gasteiger partial charge < -0.3 is 15.7 Å². The first-order valence-electron chi connectivity index (χ1n) is 5.35. The fraction of sp³-hybridized carbons (Fsp3) is 0.818. The lowest BCUT2D eigenvalue weighted by Crippen LogP contribution is -2.59. The Morgan fingerprint density at radius 2 is 1.69 bits per heavy atom. The van der Waals surface area contributed by atoms with Crippen molar-refractivity contribution < 1.29 is 14.7 Å². The van der Waals surface area contributed by atoms with Crippen molar-refractivity contribution in [1.29, 1.82) is 0 Å². The zero-order valence-corrected chi connectivity index (χ0v) is 10.7. The molecule has 0 aliphatic carbocycles. The first kappa shape index (κ1) is 14.9. The standard InChI is InChI=1S/C11H22N2O3/c1-6-11(5,12)9(16)13(7-8(14)15)10(2,3)4/h6-7,12H2,1-5H3,(H,14,15). The molecule has 5 nitrogen and oxygen atoms in total. The Labute approximate surface area is 96.6 Å². The number of carbonyl (C=O) groups excluding carboxylic acids is 1. The highest BCUT2D eigenvalue weighted by atomic mass is 16.4. The Balaban J connectivity index is 5.06. The molecule has 0 bridgehead atoms. The first-order valence-corrected chi connectivity index (χ1v) is 5.35. The van der Waals surface area contributed by atoms with Crippen molar-refractivity contribution in [2.75, 3.05) is 6.54 Å². The summed E-state index contributed by atoms with van der Waals surface area (Å²) in [6.07, 6.45) is 0.470. The highest BCUT2D eigenvalue weighted by Gasteiger charge is 2.37. The smallest absolute Gasteiger partial charge is 0.323 e. The second-order valence-corrected chi connectivity index (χ2v) is 5.23. The second-order valence-electron chi connectivity index (χ2n) is 5.23. The second kappa shape index (κ2) is 4.82. The molecule has 0 rings (SSSR count). The lowest BCUT2D eigenvalue weighted by molar-refractivity contribution is -0.151. The van der Waals surface area contributed by atoms with Gasteiger partial charge in [0.2, 0.25) is 5.91 Å². The van der Waals surface area contributed by atoms with Crippen LogP contribution < -0.4 is 5.73 Å². The highest BCUT2D eigenvalue weighted by molar-refractivity contribution is 5.88. The normalized spacial score (nSPS) is 15.4. The molecule has 94 valence electrons. The lowest BCUT2D eigenvalue weighted by atomic mass is 9.95. The number of carboxylic acids is 1. The lowest BCUT2D eigenvalue weighted by Gasteiger charge is -2.39. The summed E-state index contributed by atoms with van der Waals surface area (Å²) in [5.41, 5.74) is 4.29. The van der Waals surface area contributed by atoms with Crippen LogP contribution in [0.3, 0.4) is 0 Å². The summed E-state index contributed by atoms with van der Waals surface area (Å²) in [7, 11) is 0. The van der Waals surface area contributed by atoms with Gasteiger partial charge in [0.25, 0.3) is 0 Å². The Morgan fingerprint density at radius 3 is 1.94 bits per heavy atom. The minimum Gasteiger partial charge on any atom is -0.480 e. The van der Waals surface area contributed by atoms with Gasteiger partial charge in [0, 0.05) is 5.54 Å². The number of carboxylic acid groups (broad SMARTS) is 1. The predicted octanol–water partition coefficient (Wildman–Crippen LogP) is 0.825. The van der Waals surface area contributed by atoms with Gasteiger partial charge >= 0.3 is 5.97 Å². The van der Waals surface area contributed by atoms with Crippen molar-refractivity contribution in [1.82, 2.24) is 4.90 Å². The zero-order chi connectivity index (χ0) is 13.1. The van der Waals surface area contributed by atoms with Crippen LogP contribution in [0.2, 0.25) is 0 Å². The van der Waals surface area contributed by atoms with Crippen molar-refractivity contribution in [3.8, 4) is 0 Å². The molecule has 0 aliphatic rings. The monoisotopic (exact) mass is 230 g/mol. The van der Waals surface area contributed by atoms with E-state index >= 15 is 0 Å². The van der Waals surface area contributed by atoms with E-state index < -0.39 is 17.0 Å². The number of amides is 1. The van der Waals surface area contributed by atoms with Gasteiger partial charge in [-0.2, -0.15) is 0 Å². The molecule has 1 atom stereocenters. The highest BCUT2D eigenvalue weighted by Crippen LogP contribution is 2.19. The van der Waals surface area contributed by atoms with E-state index in [0.717, 1.165) is 0 Å². The quantitative estimate of drug-likeness (QED) is 0.749. The van der Waals surface area contributed by atoms with E-state index in [4.69, 9.17) is 10.8 Å². The third kappa shape index (κ3) is 3.81. The van der Waals surface area contributed by atoms with Gasteiger partial charge in [-0.1, -0.05) is 6.92 Å². The molecule has 0 saturated heterocycles. The van der Waals surface area contributed by atoms with Crippen LogP contribution in [0.5, 0.6) is 0 Å². The van der Waals surface area contributed by atoms with Crippen LogP contribution in [0.15, 0.2) is 0 Å². The number of nitrogens with zero attached hydrogens (tertiary/aromatic N) is 1. The number of hydrogen-bond acceptors (Lipinski definition) is 3. The molecule has 0 aromatic rings. The van der Waals surface area contributed by atoms with Crippen molar-refractivity contribution in [3.63, 3.8) is 0 Å². The molecule has 16 heavy (non-hydrogen) atoms. The van der Waals surface area contributed by atoms with Crippen molar-refractivity contribution in [2.45, 2.75) is 52.1 Å². The van der Waals surface area contributed by atoms with Crippen LogP contribution in [0.1, 0.15) is 41.0 Å². The Bertz CT molecular complexity index is 279. The van der Waals surface area contributed by atoms with E-state index in [1.807, 2.05) is 0 Å². The molecule has 3 N–H and O–H groups in total. The summed E-state index contributed by atoms with van der Waals surface area (Å²) in [4.78, 5) is 24.2. The fourth-order valence-electron chi connectivity index (χ4n) is 1.21. The Hall–Kier alpha value is -1.10. The zero-order valence-electron chi connectivity index (χ0n) is 10.7. The summed E-state index contributed by atoms with van der Waals surface area (Å²) in [6, 6.07) is 0. The van der Waals surface area contributed by atoms with Crippen LogP contribution in [0, 0.1) is 0 Å². The average molecular weight is 230 g/mol. The largest absolute Gasteiger partial charge is 0.480 e. The maximum Gasteiger partial charge on any atom is 0.323 e. The predicted molar refractivity (Wildman–Crippen MR) is 62.0 cm³/mol. The van der Waals surface area contributed by atoms with Crippen LogP contribution >= 0.6 is 0 Å². The van der Waals surface area contributed by atoms with Gasteiger partial charge in [0.15, 0.2) is 0 Å². The summed E-state index contributed by atoms with van der Waals surface area (Å²) in [5, 5.41) is 8.80. The maximum atomic E-state index is 12.1. The molecule has 0 heterocycles. The van der Waals surface area contributed by atoms with Gasteiger partial charge in [0.1, 0.15) is 6.54 Å². The van der Waals surface area contributed by atoms with Crippen LogP contribution in [-0.2, 0) is 9.59 Å². The number of hydrogen-bond donors (Lipinski definition) is 2. The minimum absolute atomic E-state index is 0.324. The average Bonchev–Trinajstić information content (AvgIpc) is 2.11. The Kier molecular flexibility index (Phi) is 4.49. The van der Waals surface area contributed by atoms with Crippen LogP contribution in [0.4, 0.5) is 0 Å². The third-order valence-corrected chi connectivity index (χ3v) is 2.57. The van der Waals surface area contributed by atoms with Gasteiger partial charge in [-0.05, 0) is 34.1 Å².